The average Bonchev–Trinajstić information content (AvgIpc) is 2.29. The van der Waals surface area contributed by atoms with Crippen molar-refractivity contribution in [1.82, 2.24) is 0 Å². The van der Waals surface area contributed by atoms with Gasteiger partial charge in [-0.2, -0.15) is 0 Å². The van der Waals surface area contributed by atoms with E-state index in [1.54, 1.807) is 0 Å². The van der Waals surface area contributed by atoms with E-state index in [0.717, 1.165) is 30.6 Å². The second-order valence-electron chi connectivity index (χ2n) is 4.25. The third kappa shape index (κ3) is 2.03. The van der Waals surface area contributed by atoms with Gasteiger partial charge in [0.15, 0.2) is 0 Å². The van der Waals surface area contributed by atoms with Gasteiger partial charge in [-0.1, -0.05) is 19.1 Å². The molecule has 0 saturated carbocycles. The predicted octanol–water partition coefficient (Wildman–Crippen LogP) is 2.62. The van der Waals surface area contributed by atoms with E-state index >= 15 is 0 Å². The second kappa shape index (κ2) is 4.56. The van der Waals surface area contributed by atoms with E-state index in [1.807, 2.05) is 25.1 Å². The normalized spacial score (nSPS) is 16.1. The van der Waals surface area contributed by atoms with Crippen LogP contribution in [-0.2, 0) is 11.2 Å². The summed E-state index contributed by atoms with van der Waals surface area (Å²) in [6, 6.07) is 5.98. The number of hydrogen-bond donors (Lipinski definition) is 2. The van der Waals surface area contributed by atoms with Crippen molar-refractivity contribution in [2.45, 2.75) is 32.1 Å². The summed E-state index contributed by atoms with van der Waals surface area (Å²) in [4.78, 5) is 11.1. The molecule has 16 heavy (non-hydrogen) atoms. The summed E-state index contributed by atoms with van der Waals surface area (Å²) in [5.41, 5.74) is 3.34. The maximum absolute atomic E-state index is 11.1. The number of rotatable bonds is 3. The number of nitrogens with one attached hydrogen (secondary N) is 1. The largest absolute Gasteiger partial charge is 0.481 e. The number of carbonyl (C=O) groups is 1. The smallest absolute Gasteiger partial charge is 0.310 e. The maximum Gasteiger partial charge on any atom is 0.310 e. The average molecular weight is 219 g/mol. The van der Waals surface area contributed by atoms with E-state index in [1.165, 1.54) is 5.56 Å². The van der Waals surface area contributed by atoms with Crippen LogP contribution >= 0.6 is 0 Å². The highest BCUT2D eigenvalue weighted by atomic mass is 16.4. The number of benzene rings is 1. The molecule has 86 valence electrons. The number of fused-ring (bicyclic) bond motifs is 1. The number of anilines is 1. The second-order valence-corrected chi connectivity index (χ2v) is 4.25. The number of aryl methyl sites for hydroxylation is 1. The first kappa shape index (κ1) is 11.0. The third-order valence-electron chi connectivity index (χ3n) is 3.18. The standard InChI is InChI=1S/C13H17NO2/c1-2-11(13(15)16)9-5-6-12-10(8-9)4-3-7-14-12/h5-6,8,11,14H,2-4,7H2,1H3,(H,15,16). The van der Waals surface area contributed by atoms with Gasteiger partial charge in [0, 0.05) is 12.2 Å². The van der Waals surface area contributed by atoms with Crippen LogP contribution in [0.15, 0.2) is 18.2 Å². The molecule has 0 aromatic heterocycles. The molecule has 0 spiro atoms. The van der Waals surface area contributed by atoms with Crippen molar-refractivity contribution in [3.63, 3.8) is 0 Å². The molecule has 0 saturated heterocycles. The minimum atomic E-state index is -0.730. The number of carboxylic acids is 1. The Morgan fingerprint density at radius 3 is 3.06 bits per heavy atom. The molecule has 0 bridgehead atoms. The molecule has 0 fully saturated rings. The van der Waals surface area contributed by atoms with Crippen molar-refractivity contribution in [1.29, 1.82) is 0 Å². The van der Waals surface area contributed by atoms with Crippen molar-refractivity contribution in [2.24, 2.45) is 0 Å². The Kier molecular flexibility index (Phi) is 3.13. The van der Waals surface area contributed by atoms with Crippen molar-refractivity contribution in [3.05, 3.63) is 29.3 Å². The van der Waals surface area contributed by atoms with Gasteiger partial charge in [0.25, 0.3) is 0 Å². The zero-order valence-electron chi connectivity index (χ0n) is 9.49. The van der Waals surface area contributed by atoms with Crippen LogP contribution in [0, 0.1) is 0 Å². The van der Waals surface area contributed by atoms with Gasteiger partial charge in [-0.05, 0) is 36.5 Å². The quantitative estimate of drug-likeness (QED) is 0.821. The third-order valence-corrected chi connectivity index (χ3v) is 3.18. The van der Waals surface area contributed by atoms with Crippen LogP contribution in [0.5, 0.6) is 0 Å². The zero-order chi connectivity index (χ0) is 11.5. The van der Waals surface area contributed by atoms with Crippen molar-refractivity contribution >= 4 is 11.7 Å². The topological polar surface area (TPSA) is 49.3 Å². The Bertz CT molecular complexity index is 401. The lowest BCUT2D eigenvalue weighted by molar-refractivity contribution is -0.138. The minimum absolute atomic E-state index is 0.368. The fraction of sp³-hybridized carbons (Fsp3) is 0.462. The first-order chi connectivity index (χ1) is 7.72. The molecular formula is C13H17NO2. The van der Waals surface area contributed by atoms with Crippen LogP contribution in [0.2, 0.25) is 0 Å². The molecule has 1 heterocycles. The van der Waals surface area contributed by atoms with Gasteiger partial charge in [0.05, 0.1) is 5.92 Å². The summed E-state index contributed by atoms with van der Waals surface area (Å²) in [6.45, 7) is 2.93. The molecule has 0 aliphatic carbocycles. The molecule has 1 aliphatic rings. The summed E-state index contributed by atoms with van der Waals surface area (Å²) in [6.07, 6.45) is 2.81. The van der Waals surface area contributed by atoms with E-state index in [2.05, 4.69) is 5.32 Å². The van der Waals surface area contributed by atoms with Crippen LogP contribution in [-0.4, -0.2) is 17.6 Å². The molecule has 2 N–H and O–H groups in total. The lowest BCUT2D eigenvalue weighted by Crippen LogP contribution is -2.14. The first-order valence-corrected chi connectivity index (χ1v) is 5.82. The summed E-state index contributed by atoms with van der Waals surface area (Å²) in [5, 5.41) is 12.4. The molecule has 0 radical (unpaired) electrons. The van der Waals surface area contributed by atoms with E-state index in [9.17, 15) is 4.79 Å². The van der Waals surface area contributed by atoms with Gasteiger partial charge in [0.2, 0.25) is 0 Å². The predicted molar refractivity (Wildman–Crippen MR) is 63.9 cm³/mol. The van der Waals surface area contributed by atoms with Gasteiger partial charge < -0.3 is 10.4 Å². The molecular weight excluding hydrogens is 202 g/mol. The van der Waals surface area contributed by atoms with Crippen LogP contribution in [0.1, 0.15) is 36.8 Å². The lowest BCUT2D eigenvalue weighted by Gasteiger charge is -2.20. The Labute approximate surface area is 95.5 Å². The molecule has 1 aromatic rings. The van der Waals surface area contributed by atoms with Gasteiger partial charge >= 0.3 is 5.97 Å². The SMILES string of the molecule is CCC(C(=O)O)c1ccc2c(c1)CCCN2. The van der Waals surface area contributed by atoms with E-state index in [4.69, 9.17) is 5.11 Å². The zero-order valence-corrected chi connectivity index (χ0v) is 9.49. The first-order valence-electron chi connectivity index (χ1n) is 5.82. The van der Waals surface area contributed by atoms with Crippen LogP contribution in [0.3, 0.4) is 0 Å². The Morgan fingerprint density at radius 1 is 1.56 bits per heavy atom. The highest BCUT2D eigenvalue weighted by Gasteiger charge is 2.19. The van der Waals surface area contributed by atoms with Crippen LogP contribution in [0.25, 0.3) is 0 Å². The van der Waals surface area contributed by atoms with Gasteiger partial charge in [-0.25, -0.2) is 0 Å². The molecule has 0 amide bonds. The van der Waals surface area contributed by atoms with Crippen molar-refractivity contribution < 1.29 is 9.90 Å². The van der Waals surface area contributed by atoms with Crippen molar-refractivity contribution in [2.75, 3.05) is 11.9 Å². The highest BCUT2D eigenvalue weighted by molar-refractivity contribution is 5.76. The molecule has 1 aliphatic heterocycles. The minimum Gasteiger partial charge on any atom is -0.481 e. The van der Waals surface area contributed by atoms with E-state index in [-0.39, 0.29) is 5.92 Å². The summed E-state index contributed by atoms with van der Waals surface area (Å²) in [7, 11) is 0. The Hall–Kier alpha value is -1.51. The summed E-state index contributed by atoms with van der Waals surface area (Å²) >= 11 is 0. The number of aliphatic carboxylic acids is 1. The number of hydrogen-bond acceptors (Lipinski definition) is 2. The van der Waals surface area contributed by atoms with E-state index in [0.29, 0.717) is 6.42 Å². The monoisotopic (exact) mass is 219 g/mol. The maximum atomic E-state index is 11.1. The van der Waals surface area contributed by atoms with Gasteiger partial charge in [-0.3, -0.25) is 4.79 Å². The number of carboxylic acid groups (broad SMARTS) is 1. The molecule has 2 rings (SSSR count). The van der Waals surface area contributed by atoms with Gasteiger partial charge in [-0.15, -0.1) is 0 Å². The van der Waals surface area contributed by atoms with Crippen LogP contribution in [0.4, 0.5) is 5.69 Å². The molecule has 3 heteroatoms. The Morgan fingerprint density at radius 2 is 2.38 bits per heavy atom. The molecule has 1 aromatic carbocycles. The summed E-state index contributed by atoms with van der Waals surface area (Å²) in [5.74, 6) is -1.10. The van der Waals surface area contributed by atoms with Gasteiger partial charge in [0.1, 0.15) is 0 Å². The highest BCUT2D eigenvalue weighted by Crippen LogP contribution is 2.27. The van der Waals surface area contributed by atoms with Crippen LogP contribution < -0.4 is 5.32 Å². The lowest BCUT2D eigenvalue weighted by atomic mass is 9.92. The van der Waals surface area contributed by atoms with Crippen molar-refractivity contribution in [3.8, 4) is 0 Å². The fourth-order valence-corrected chi connectivity index (χ4v) is 2.26. The fourth-order valence-electron chi connectivity index (χ4n) is 2.26. The summed E-state index contributed by atoms with van der Waals surface area (Å²) < 4.78 is 0. The molecule has 1 atom stereocenters. The Balaban J connectivity index is 2.32. The molecule has 3 nitrogen and oxygen atoms in total. The molecule has 1 unspecified atom stereocenters. The van der Waals surface area contributed by atoms with E-state index < -0.39 is 5.97 Å².